The van der Waals surface area contributed by atoms with Crippen LogP contribution in [0.3, 0.4) is 0 Å². The minimum absolute atomic E-state index is 0.230. The Bertz CT molecular complexity index is 836. The zero-order chi connectivity index (χ0) is 19.8. The fourth-order valence-corrected chi connectivity index (χ4v) is 3.04. The van der Waals surface area contributed by atoms with Crippen LogP contribution in [-0.2, 0) is 10.7 Å². The highest BCUT2D eigenvalue weighted by molar-refractivity contribution is 5.73. The summed E-state index contributed by atoms with van der Waals surface area (Å²) in [6, 6.07) is 3.44. The summed E-state index contributed by atoms with van der Waals surface area (Å²) in [4.78, 5) is 10.9. The van der Waals surface area contributed by atoms with E-state index < -0.39 is 41.6 Å². The molecule has 0 saturated carbocycles. The van der Waals surface area contributed by atoms with Gasteiger partial charge in [-0.25, -0.2) is 17.6 Å². The van der Waals surface area contributed by atoms with E-state index in [2.05, 4.69) is 0 Å². The van der Waals surface area contributed by atoms with Crippen molar-refractivity contribution >= 4 is 5.97 Å². The first-order valence-corrected chi connectivity index (χ1v) is 7.88. The zero-order valence-corrected chi connectivity index (χ0v) is 14.5. The van der Waals surface area contributed by atoms with Gasteiger partial charge in [-0.2, -0.15) is 0 Å². The number of aryl methyl sites for hydroxylation is 2. The number of carboxylic acids is 1. The van der Waals surface area contributed by atoms with Crippen LogP contribution in [0.1, 0.15) is 41.6 Å². The van der Waals surface area contributed by atoms with Crippen molar-refractivity contribution in [2.75, 3.05) is 0 Å². The lowest BCUT2D eigenvalue weighted by atomic mass is 9.89. The number of carbonyl (C=O) groups is 1. The molecule has 2 aromatic rings. The Morgan fingerprint density at radius 1 is 1.15 bits per heavy atom. The van der Waals surface area contributed by atoms with Gasteiger partial charge in [0.15, 0.2) is 0 Å². The van der Waals surface area contributed by atoms with Crippen molar-refractivity contribution in [3.8, 4) is 11.1 Å². The number of aliphatic carboxylic acids is 1. The second kappa shape index (κ2) is 7.07. The number of rotatable bonds is 5. The first-order chi connectivity index (χ1) is 11.9. The molecule has 26 heavy (non-hydrogen) atoms. The Morgan fingerprint density at radius 3 is 2.15 bits per heavy atom. The molecule has 0 aliphatic carbocycles. The quantitative estimate of drug-likeness (QED) is 0.742. The molecule has 2 rings (SSSR count). The number of nitrogens with two attached hydrogens (primary N) is 1. The van der Waals surface area contributed by atoms with E-state index in [1.54, 1.807) is 13.8 Å². The van der Waals surface area contributed by atoms with E-state index >= 15 is 0 Å². The van der Waals surface area contributed by atoms with Crippen molar-refractivity contribution in [1.82, 2.24) is 0 Å². The molecule has 1 atom stereocenters. The molecule has 0 spiro atoms. The number of hydrogen-bond acceptors (Lipinski definition) is 2. The molecule has 0 fully saturated rings. The Hall–Kier alpha value is -2.41. The predicted molar refractivity (Wildman–Crippen MR) is 90.0 cm³/mol. The van der Waals surface area contributed by atoms with E-state index in [0.717, 1.165) is 6.07 Å². The summed E-state index contributed by atoms with van der Waals surface area (Å²) in [7, 11) is 0. The van der Waals surface area contributed by atoms with Gasteiger partial charge in [0.2, 0.25) is 0 Å². The lowest BCUT2D eigenvalue weighted by molar-refractivity contribution is -0.137. The molecule has 0 aliphatic rings. The SMILES string of the molecule is Cc1cc(F)cc(C)c1-c1cc(C(N)CC(=O)O)c(F)c(C(C)(F)F)c1. The second-order valence-electron chi connectivity index (χ2n) is 6.43. The summed E-state index contributed by atoms with van der Waals surface area (Å²) in [6.07, 6.45) is -0.615. The van der Waals surface area contributed by atoms with Gasteiger partial charge < -0.3 is 10.8 Å². The fourth-order valence-electron chi connectivity index (χ4n) is 3.04. The predicted octanol–water partition coefficient (Wildman–Crippen LogP) is 4.83. The van der Waals surface area contributed by atoms with Crippen molar-refractivity contribution in [1.29, 1.82) is 0 Å². The number of benzene rings is 2. The van der Waals surface area contributed by atoms with Crippen LogP contribution >= 0.6 is 0 Å². The molecule has 7 heteroatoms. The summed E-state index contributed by atoms with van der Waals surface area (Å²) in [5.41, 5.74) is 6.20. The van der Waals surface area contributed by atoms with Crippen molar-refractivity contribution in [2.45, 2.75) is 39.2 Å². The smallest absolute Gasteiger partial charge is 0.305 e. The van der Waals surface area contributed by atoms with Crippen molar-refractivity contribution in [3.05, 3.63) is 58.2 Å². The average Bonchev–Trinajstić information content (AvgIpc) is 2.45. The largest absolute Gasteiger partial charge is 0.481 e. The van der Waals surface area contributed by atoms with E-state index in [4.69, 9.17) is 10.8 Å². The van der Waals surface area contributed by atoms with E-state index in [0.29, 0.717) is 23.6 Å². The van der Waals surface area contributed by atoms with Gasteiger partial charge in [0.05, 0.1) is 12.0 Å². The summed E-state index contributed by atoms with van der Waals surface area (Å²) in [5, 5.41) is 8.88. The zero-order valence-electron chi connectivity index (χ0n) is 14.5. The highest BCUT2D eigenvalue weighted by Crippen LogP contribution is 2.38. The Labute approximate surface area is 148 Å². The monoisotopic (exact) mass is 369 g/mol. The number of halogens is 4. The fraction of sp³-hybridized carbons (Fsp3) is 0.316. The standard InChI is InChI=1S/C19H19F4NO2/c1-9-4-12(20)5-10(2)17(9)11-6-13(15(24)8-16(25)26)18(21)14(7-11)19(3,22)23/h4-7,15H,8,24H2,1-3H3,(H,25,26). The van der Waals surface area contributed by atoms with Crippen LogP contribution in [-0.4, -0.2) is 11.1 Å². The van der Waals surface area contributed by atoms with Gasteiger partial charge in [-0.3, -0.25) is 4.79 Å². The van der Waals surface area contributed by atoms with Crippen LogP contribution in [0.4, 0.5) is 17.6 Å². The summed E-state index contributed by atoms with van der Waals surface area (Å²) < 4.78 is 56.0. The Kier molecular flexibility index (Phi) is 5.41. The number of carboxylic acid groups (broad SMARTS) is 1. The lowest BCUT2D eigenvalue weighted by Crippen LogP contribution is -2.20. The second-order valence-corrected chi connectivity index (χ2v) is 6.43. The number of hydrogen-bond donors (Lipinski definition) is 2. The maximum atomic E-state index is 14.6. The molecule has 140 valence electrons. The topological polar surface area (TPSA) is 63.3 Å². The summed E-state index contributed by atoms with van der Waals surface area (Å²) in [6.45, 7) is 3.76. The maximum absolute atomic E-state index is 14.6. The van der Waals surface area contributed by atoms with Gasteiger partial charge >= 0.3 is 5.97 Å². The van der Waals surface area contributed by atoms with Crippen LogP contribution in [0.5, 0.6) is 0 Å². The normalized spacial score (nSPS) is 12.9. The molecule has 1 unspecified atom stereocenters. The van der Waals surface area contributed by atoms with E-state index in [1.165, 1.54) is 18.2 Å². The molecular weight excluding hydrogens is 350 g/mol. The molecule has 0 radical (unpaired) electrons. The van der Waals surface area contributed by atoms with Crippen molar-refractivity contribution in [3.63, 3.8) is 0 Å². The third-order valence-electron chi connectivity index (χ3n) is 4.15. The maximum Gasteiger partial charge on any atom is 0.305 e. The third kappa shape index (κ3) is 4.04. The molecule has 0 saturated heterocycles. The molecule has 0 aromatic heterocycles. The summed E-state index contributed by atoms with van der Waals surface area (Å²) in [5.74, 6) is -6.48. The van der Waals surface area contributed by atoms with Crippen LogP contribution in [0.2, 0.25) is 0 Å². The molecule has 0 amide bonds. The minimum atomic E-state index is -3.50. The molecular formula is C19H19F4NO2. The van der Waals surface area contributed by atoms with Crippen LogP contribution in [0.25, 0.3) is 11.1 Å². The highest BCUT2D eigenvalue weighted by Gasteiger charge is 2.32. The van der Waals surface area contributed by atoms with E-state index in [-0.39, 0.29) is 11.1 Å². The molecule has 0 aliphatic heterocycles. The van der Waals surface area contributed by atoms with E-state index in [1.807, 2.05) is 0 Å². The van der Waals surface area contributed by atoms with Crippen LogP contribution in [0.15, 0.2) is 24.3 Å². The Balaban J connectivity index is 2.77. The lowest BCUT2D eigenvalue weighted by Gasteiger charge is -2.21. The van der Waals surface area contributed by atoms with E-state index in [9.17, 15) is 22.4 Å². The first kappa shape index (κ1) is 19.9. The van der Waals surface area contributed by atoms with Crippen LogP contribution < -0.4 is 5.73 Å². The Morgan fingerprint density at radius 2 is 1.69 bits per heavy atom. The first-order valence-electron chi connectivity index (χ1n) is 7.88. The molecule has 3 nitrogen and oxygen atoms in total. The molecule has 3 N–H and O–H groups in total. The molecule has 0 bridgehead atoms. The average molecular weight is 369 g/mol. The van der Waals surface area contributed by atoms with Crippen LogP contribution in [0, 0.1) is 25.5 Å². The molecule has 0 heterocycles. The van der Waals surface area contributed by atoms with Gasteiger partial charge in [0.1, 0.15) is 11.6 Å². The molecule has 2 aromatic carbocycles. The van der Waals surface area contributed by atoms with Gasteiger partial charge in [-0.1, -0.05) is 0 Å². The van der Waals surface area contributed by atoms with Gasteiger partial charge in [0.25, 0.3) is 5.92 Å². The van der Waals surface area contributed by atoms with Gasteiger partial charge in [-0.15, -0.1) is 0 Å². The third-order valence-corrected chi connectivity index (χ3v) is 4.15. The van der Waals surface area contributed by atoms with Crippen molar-refractivity contribution in [2.24, 2.45) is 5.73 Å². The number of alkyl halides is 2. The van der Waals surface area contributed by atoms with Gasteiger partial charge in [-0.05, 0) is 60.4 Å². The highest BCUT2D eigenvalue weighted by atomic mass is 19.3. The van der Waals surface area contributed by atoms with Crippen molar-refractivity contribution < 1.29 is 27.5 Å². The minimum Gasteiger partial charge on any atom is -0.481 e. The summed E-state index contributed by atoms with van der Waals surface area (Å²) >= 11 is 0. The van der Waals surface area contributed by atoms with Gasteiger partial charge in [0, 0.05) is 18.5 Å².